The van der Waals surface area contributed by atoms with Gasteiger partial charge in [-0.25, -0.2) is 4.39 Å². The summed E-state index contributed by atoms with van der Waals surface area (Å²) in [6, 6.07) is 13.6. The molecule has 0 bridgehead atoms. The maximum absolute atomic E-state index is 14.4. The molecule has 0 spiro atoms. The van der Waals surface area contributed by atoms with Crippen LogP contribution in [0.2, 0.25) is 0 Å². The van der Waals surface area contributed by atoms with Gasteiger partial charge in [0.2, 0.25) is 0 Å². The third-order valence-electron chi connectivity index (χ3n) is 3.93. The summed E-state index contributed by atoms with van der Waals surface area (Å²) in [6.45, 7) is 4.91. The first kappa shape index (κ1) is 16.1. The Morgan fingerprint density at radius 1 is 1.17 bits per heavy atom. The lowest BCUT2D eigenvalue weighted by Crippen LogP contribution is -2.28. The van der Waals surface area contributed by atoms with Crippen molar-refractivity contribution in [3.8, 4) is 0 Å². The van der Waals surface area contributed by atoms with E-state index in [2.05, 4.69) is 41.5 Å². The molecule has 1 atom stereocenters. The molecule has 0 amide bonds. The number of benzene rings is 2. The minimum absolute atomic E-state index is 0.110. The molecule has 0 radical (unpaired) electrons. The molecule has 3 rings (SSSR count). The number of nitrogens with zero attached hydrogens (tertiary/aromatic N) is 1. The monoisotopic (exact) mass is 328 g/mol. The van der Waals surface area contributed by atoms with Gasteiger partial charge in [-0.15, -0.1) is 0 Å². The molecule has 2 aromatic rings. The molecule has 0 saturated heterocycles. The normalized spacial score (nSPS) is 15.3. The zero-order valence-electron chi connectivity index (χ0n) is 13.5. The molecule has 1 heterocycles. The zero-order chi connectivity index (χ0) is 16.2. The zero-order valence-corrected chi connectivity index (χ0v) is 14.3. The molecule has 23 heavy (non-hydrogen) atoms. The summed E-state index contributed by atoms with van der Waals surface area (Å²) in [5.74, 6) is 0.833. The molecule has 4 heteroatoms. The number of halogens is 1. The van der Waals surface area contributed by atoms with E-state index in [1.165, 1.54) is 11.1 Å². The van der Waals surface area contributed by atoms with E-state index in [1.807, 2.05) is 19.1 Å². The molecule has 0 saturated carbocycles. The third-order valence-corrected chi connectivity index (χ3v) is 4.84. The topological polar surface area (TPSA) is 24.4 Å². The fourth-order valence-corrected chi connectivity index (χ4v) is 3.60. The number of hydrogen-bond donors (Lipinski definition) is 1. The van der Waals surface area contributed by atoms with Crippen LogP contribution < -0.4 is 5.32 Å². The molecule has 0 fully saturated rings. The summed E-state index contributed by atoms with van der Waals surface area (Å²) < 4.78 is 14.4. The van der Waals surface area contributed by atoms with Gasteiger partial charge >= 0.3 is 0 Å². The second kappa shape index (κ2) is 7.18. The first-order valence-corrected chi connectivity index (χ1v) is 8.86. The standard InChI is InChI=1S/C19H21FN2S/c1-13-4-3-5-15(10-13)12-18(22-19-21-8-9-23-19)16-11-14(2)6-7-17(16)20/h3-7,10-11,18H,8-9,12H2,1-2H3,(H,21,22). The van der Waals surface area contributed by atoms with Crippen LogP contribution in [0.25, 0.3) is 0 Å². The second-order valence-corrected chi connectivity index (χ2v) is 7.03. The maximum Gasteiger partial charge on any atom is 0.157 e. The Kier molecular flexibility index (Phi) is 5.01. The van der Waals surface area contributed by atoms with Gasteiger partial charge in [0.1, 0.15) is 5.82 Å². The van der Waals surface area contributed by atoms with Gasteiger partial charge < -0.3 is 5.32 Å². The van der Waals surface area contributed by atoms with Crippen LogP contribution in [0.1, 0.15) is 28.3 Å². The Hall–Kier alpha value is -1.81. The number of hydrogen-bond acceptors (Lipinski definition) is 3. The summed E-state index contributed by atoms with van der Waals surface area (Å²) in [6.07, 6.45) is 0.738. The Labute approximate surface area is 141 Å². The van der Waals surface area contributed by atoms with Gasteiger partial charge in [-0.1, -0.05) is 59.3 Å². The van der Waals surface area contributed by atoms with E-state index in [0.29, 0.717) is 5.56 Å². The van der Waals surface area contributed by atoms with Gasteiger partial charge in [0.05, 0.1) is 12.6 Å². The highest BCUT2D eigenvalue weighted by molar-refractivity contribution is 8.14. The molecule has 1 N–H and O–H groups in total. The van der Waals surface area contributed by atoms with Crippen molar-refractivity contribution in [3.63, 3.8) is 0 Å². The summed E-state index contributed by atoms with van der Waals surface area (Å²) in [7, 11) is 0. The molecule has 2 aromatic carbocycles. The summed E-state index contributed by atoms with van der Waals surface area (Å²) >= 11 is 1.71. The highest BCUT2D eigenvalue weighted by Crippen LogP contribution is 2.25. The van der Waals surface area contributed by atoms with Crippen LogP contribution in [-0.4, -0.2) is 17.5 Å². The van der Waals surface area contributed by atoms with Gasteiger partial charge in [-0.05, 0) is 31.9 Å². The Morgan fingerprint density at radius 2 is 2.00 bits per heavy atom. The SMILES string of the molecule is Cc1cccc(CC(NC2=NCCS2)c2cc(C)ccc2F)c1. The first-order chi connectivity index (χ1) is 11.1. The van der Waals surface area contributed by atoms with Gasteiger partial charge in [0.15, 0.2) is 5.17 Å². The van der Waals surface area contributed by atoms with Crippen LogP contribution in [0.3, 0.4) is 0 Å². The van der Waals surface area contributed by atoms with Gasteiger partial charge in [-0.2, -0.15) is 0 Å². The predicted octanol–water partition coefficient (Wildman–Crippen LogP) is 4.42. The van der Waals surface area contributed by atoms with Crippen molar-refractivity contribution in [1.82, 2.24) is 5.32 Å². The van der Waals surface area contributed by atoms with E-state index in [0.717, 1.165) is 29.4 Å². The summed E-state index contributed by atoms with van der Waals surface area (Å²) in [5, 5.41) is 4.36. The van der Waals surface area contributed by atoms with Crippen LogP contribution in [0.5, 0.6) is 0 Å². The van der Waals surface area contributed by atoms with Crippen molar-refractivity contribution in [2.75, 3.05) is 12.3 Å². The van der Waals surface area contributed by atoms with Crippen molar-refractivity contribution < 1.29 is 4.39 Å². The summed E-state index contributed by atoms with van der Waals surface area (Å²) in [5.41, 5.74) is 4.20. The summed E-state index contributed by atoms with van der Waals surface area (Å²) in [4.78, 5) is 4.46. The highest BCUT2D eigenvalue weighted by Gasteiger charge is 2.20. The minimum Gasteiger partial charge on any atom is -0.358 e. The van der Waals surface area contributed by atoms with E-state index in [1.54, 1.807) is 17.8 Å². The fourth-order valence-electron chi connectivity index (χ4n) is 2.82. The number of rotatable bonds is 4. The van der Waals surface area contributed by atoms with Crippen molar-refractivity contribution >= 4 is 16.9 Å². The number of thioether (sulfide) groups is 1. The molecule has 2 nitrogen and oxygen atoms in total. The van der Waals surface area contributed by atoms with Crippen molar-refractivity contribution in [2.24, 2.45) is 4.99 Å². The molecule has 1 unspecified atom stereocenters. The van der Waals surface area contributed by atoms with Gasteiger partial charge in [0, 0.05) is 11.3 Å². The average Bonchev–Trinajstić information content (AvgIpc) is 3.02. The largest absolute Gasteiger partial charge is 0.358 e. The van der Waals surface area contributed by atoms with E-state index < -0.39 is 0 Å². The van der Waals surface area contributed by atoms with Crippen molar-refractivity contribution in [3.05, 3.63) is 70.5 Å². The van der Waals surface area contributed by atoms with Gasteiger partial charge in [-0.3, -0.25) is 4.99 Å². The molecular formula is C19H21FN2S. The Bertz CT molecular complexity index is 727. The third kappa shape index (κ3) is 4.14. The molecule has 1 aliphatic heterocycles. The molecule has 1 aliphatic rings. The molecule has 0 aromatic heterocycles. The van der Waals surface area contributed by atoms with Crippen molar-refractivity contribution in [2.45, 2.75) is 26.3 Å². The lowest BCUT2D eigenvalue weighted by atomic mass is 9.96. The van der Waals surface area contributed by atoms with E-state index >= 15 is 0 Å². The second-order valence-electron chi connectivity index (χ2n) is 5.95. The highest BCUT2D eigenvalue weighted by atomic mass is 32.2. The maximum atomic E-state index is 14.4. The number of amidine groups is 1. The molecular weight excluding hydrogens is 307 g/mol. The minimum atomic E-state index is -0.163. The lowest BCUT2D eigenvalue weighted by Gasteiger charge is -2.21. The lowest BCUT2D eigenvalue weighted by molar-refractivity contribution is 0.558. The fraction of sp³-hybridized carbons (Fsp3) is 0.316. The van der Waals surface area contributed by atoms with Crippen LogP contribution >= 0.6 is 11.8 Å². The first-order valence-electron chi connectivity index (χ1n) is 7.87. The van der Waals surface area contributed by atoms with E-state index in [9.17, 15) is 4.39 Å². The van der Waals surface area contributed by atoms with E-state index in [-0.39, 0.29) is 11.9 Å². The van der Waals surface area contributed by atoms with Crippen LogP contribution in [0, 0.1) is 19.7 Å². The van der Waals surface area contributed by atoms with Gasteiger partial charge in [0.25, 0.3) is 0 Å². The number of nitrogens with one attached hydrogen (secondary N) is 1. The Morgan fingerprint density at radius 3 is 2.74 bits per heavy atom. The molecule has 0 aliphatic carbocycles. The van der Waals surface area contributed by atoms with Crippen LogP contribution in [0.4, 0.5) is 4.39 Å². The van der Waals surface area contributed by atoms with Crippen LogP contribution in [-0.2, 0) is 6.42 Å². The smallest absolute Gasteiger partial charge is 0.157 e. The predicted molar refractivity (Wildman–Crippen MR) is 96.7 cm³/mol. The average molecular weight is 328 g/mol. The van der Waals surface area contributed by atoms with Crippen LogP contribution in [0.15, 0.2) is 47.5 Å². The Balaban J connectivity index is 1.90. The number of aliphatic imine (C=N–C) groups is 1. The quantitative estimate of drug-likeness (QED) is 0.898. The number of aryl methyl sites for hydroxylation is 2. The van der Waals surface area contributed by atoms with Crippen molar-refractivity contribution in [1.29, 1.82) is 0 Å². The molecule has 120 valence electrons. The van der Waals surface area contributed by atoms with E-state index in [4.69, 9.17) is 0 Å².